The summed E-state index contributed by atoms with van der Waals surface area (Å²) in [7, 11) is 0. The van der Waals surface area contributed by atoms with Crippen LogP contribution in [0.25, 0.3) is 0 Å². The summed E-state index contributed by atoms with van der Waals surface area (Å²) in [5.41, 5.74) is 6.07. The first-order chi connectivity index (χ1) is 7.95. The molecule has 94 valence electrons. The van der Waals surface area contributed by atoms with Gasteiger partial charge in [-0.3, -0.25) is 4.79 Å². The summed E-state index contributed by atoms with van der Waals surface area (Å²) >= 11 is 5.79. The van der Waals surface area contributed by atoms with Crippen molar-refractivity contribution in [1.29, 1.82) is 0 Å². The SMILES string of the molecule is CCCN(C(=O)c1cc(N)nc(Cl)c1)C(C)C. The number of nitrogens with zero attached hydrogens (tertiary/aromatic N) is 2. The number of rotatable bonds is 4. The van der Waals surface area contributed by atoms with Gasteiger partial charge in [0, 0.05) is 18.2 Å². The molecule has 0 spiro atoms. The summed E-state index contributed by atoms with van der Waals surface area (Å²) in [6, 6.07) is 3.25. The quantitative estimate of drug-likeness (QED) is 0.842. The van der Waals surface area contributed by atoms with Gasteiger partial charge in [-0.1, -0.05) is 18.5 Å². The second-order valence-corrected chi connectivity index (χ2v) is 4.58. The predicted molar refractivity (Wildman–Crippen MR) is 70.1 cm³/mol. The van der Waals surface area contributed by atoms with Gasteiger partial charge in [0.25, 0.3) is 5.91 Å². The minimum absolute atomic E-state index is 0.0575. The van der Waals surface area contributed by atoms with E-state index in [9.17, 15) is 4.79 Å². The van der Waals surface area contributed by atoms with Crippen LogP contribution in [0.3, 0.4) is 0 Å². The maximum absolute atomic E-state index is 12.3. The fourth-order valence-electron chi connectivity index (χ4n) is 1.64. The molecule has 0 aliphatic carbocycles. The molecule has 0 aromatic carbocycles. The van der Waals surface area contributed by atoms with Gasteiger partial charge in [0.15, 0.2) is 0 Å². The molecule has 4 nitrogen and oxygen atoms in total. The van der Waals surface area contributed by atoms with Gasteiger partial charge in [-0.25, -0.2) is 4.98 Å². The highest BCUT2D eigenvalue weighted by Gasteiger charge is 2.18. The van der Waals surface area contributed by atoms with E-state index < -0.39 is 0 Å². The van der Waals surface area contributed by atoms with E-state index >= 15 is 0 Å². The number of nitrogen functional groups attached to an aromatic ring is 1. The summed E-state index contributed by atoms with van der Waals surface area (Å²) in [6.45, 7) is 6.73. The van der Waals surface area contributed by atoms with Crippen molar-refractivity contribution in [1.82, 2.24) is 9.88 Å². The standard InChI is InChI=1S/C12H18ClN3O/c1-4-5-16(8(2)3)12(17)9-6-10(13)15-11(14)7-9/h6-8H,4-5H2,1-3H3,(H2,14,15). The molecule has 0 unspecified atom stereocenters. The summed E-state index contributed by atoms with van der Waals surface area (Å²) in [5, 5.41) is 0.244. The first kappa shape index (κ1) is 13.8. The topological polar surface area (TPSA) is 59.2 Å². The number of carbonyl (C=O) groups excluding carboxylic acids is 1. The highest BCUT2D eigenvalue weighted by molar-refractivity contribution is 6.29. The summed E-state index contributed by atoms with van der Waals surface area (Å²) in [5.74, 6) is 0.207. The zero-order valence-electron chi connectivity index (χ0n) is 10.4. The van der Waals surface area contributed by atoms with E-state index in [0.717, 1.165) is 13.0 Å². The number of nitrogens with two attached hydrogens (primary N) is 1. The van der Waals surface area contributed by atoms with Crippen molar-refractivity contribution >= 4 is 23.3 Å². The molecule has 0 radical (unpaired) electrons. The second-order valence-electron chi connectivity index (χ2n) is 4.20. The van der Waals surface area contributed by atoms with Gasteiger partial charge >= 0.3 is 0 Å². The molecular formula is C12H18ClN3O. The molecular weight excluding hydrogens is 238 g/mol. The third-order valence-electron chi connectivity index (χ3n) is 2.41. The molecule has 1 aromatic rings. The first-order valence-electron chi connectivity index (χ1n) is 5.69. The zero-order valence-corrected chi connectivity index (χ0v) is 11.2. The third-order valence-corrected chi connectivity index (χ3v) is 2.60. The van der Waals surface area contributed by atoms with E-state index in [0.29, 0.717) is 5.56 Å². The molecule has 1 aromatic heterocycles. The predicted octanol–water partition coefficient (Wildman–Crippen LogP) is 2.58. The Labute approximate surface area is 107 Å². The number of amides is 1. The van der Waals surface area contributed by atoms with Crippen LogP contribution in [-0.2, 0) is 0 Å². The number of pyridine rings is 1. The zero-order chi connectivity index (χ0) is 13.0. The van der Waals surface area contributed by atoms with E-state index in [1.54, 1.807) is 17.0 Å². The highest BCUT2D eigenvalue weighted by atomic mass is 35.5. The van der Waals surface area contributed by atoms with Crippen molar-refractivity contribution < 1.29 is 4.79 Å². The van der Waals surface area contributed by atoms with Crippen molar-refractivity contribution in [2.75, 3.05) is 12.3 Å². The summed E-state index contributed by atoms with van der Waals surface area (Å²) in [6.07, 6.45) is 0.915. The van der Waals surface area contributed by atoms with Crippen LogP contribution in [0.4, 0.5) is 5.82 Å². The van der Waals surface area contributed by atoms with Gasteiger partial charge < -0.3 is 10.6 Å². The lowest BCUT2D eigenvalue weighted by atomic mass is 10.2. The van der Waals surface area contributed by atoms with Gasteiger partial charge in [-0.15, -0.1) is 0 Å². The van der Waals surface area contributed by atoms with Crippen molar-refractivity contribution in [3.63, 3.8) is 0 Å². The molecule has 5 heteroatoms. The molecule has 1 amide bonds. The number of halogens is 1. The molecule has 0 bridgehead atoms. The number of anilines is 1. The maximum atomic E-state index is 12.3. The van der Waals surface area contributed by atoms with Crippen LogP contribution >= 0.6 is 11.6 Å². The van der Waals surface area contributed by atoms with E-state index in [4.69, 9.17) is 17.3 Å². The molecule has 2 N–H and O–H groups in total. The minimum atomic E-state index is -0.0575. The van der Waals surface area contributed by atoms with E-state index in [2.05, 4.69) is 4.98 Å². The Bertz CT molecular complexity index is 386. The van der Waals surface area contributed by atoms with E-state index in [-0.39, 0.29) is 22.9 Å². The molecule has 0 aliphatic rings. The van der Waals surface area contributed by atoms with Gasteiger partial charge in [0.2, 0.25) is 0 Å². The van der Waals surface area contributed by atoms with E-state index in [1.165, 1.54) is 0 Å². The largest absolute Gasteiger partial charge is 0.384 e. The normalized spacial score (nSPS) is 10.6. The maximum Gasteiger partial charge on any atom is 0.254 e. The molecule has 17 heavy (non-hydrogen) atoms. The first-order valence-corrected chi connectivity index (χ1v) is 6.07. The molecule has 1 heterocycles. The van der Waals surface area contributed by atoms with Crippen LogP contribution in [0.15, 0.2) is 12.1 Å². The van der Waals surface area contributed by atoms with Crippen LogP contribution < -0.4 is 5.73 Å². The van der Waals surface area contributed by atoms with Crippen LogP contribution in [0.2, 0.25) is 5.15 Å². The average molecular weight is 256 g/mol. The molecule has 0 saturated carbocycles. The van der Waals surface area contributed by atoms with Gasteiger partial charge in [-0.05, 0) is 32.4 Å². The van der Waals surface area contributed by atoms with Gasteiger partial charge in [-0.2, -0.15) is 0 Å². The lowest BCUT2D eigenvalue weighted by molar-refractivity contribution is 0.0706. The Morgan fingerprint density at radius 1 is 1.53 bits per heavy atom. The number of aromatic nitrogens is 1. The van der Waals surface area contributed by atoms with Gasteiger partial charge in [0.1, 0.15) is 11.0 Å². The summed E-state index contributed by atoms with van der Waals surface area (Å²) < 4.78 is 0. The Hall–Kier alpha value is -1.29. The Morgan fingerprint density at radius 3 is 2.65 bits per heavy atom. The summed E-state index contributed by atoms with van der Waals surface area (Å²) in [4.78, 5) is 17.9. The Kier molecular flexibility index (Phi) is 4.75. The molecule has 0 fully saturated rings. The molecule has 0 saturated heterocycles. The van der Waals surface area contributed by atoms with Crippen LogP contribution in [0.5, 0.6) is 0 Å². The van der Waals surface area contributed by atoms with Crippen molar-refractivity contribution in [3.05, 3.63) is 22.8 Å². The second kappa shape index (κ2) is 5.87. The smallest absolute Gasteiger partial charge is 0.254 e. The third kappa shape index (κ3) is 3.60. The van der Waals surface area contributed by atoms with Crippen LogP contribution in [-0.4, -0.2) is 28.4 Å². The fourth-order valence-corrected chi connectivity index (χ4v) is 1.86. The molecule has 1 rings (SSSR count). The highest BCUT2D eigenvalue weighted by Crippen LogP contribution is 2.15. The van der Waals surface area contributed by atoms with Crippen molar-refractivity contribution in [3.8, 4) is 0 Å². The Morgan fingerprint density at radius 2 is 2.18 bits per heavy atom. The molecule has 0 atom stereocenters. The molecule has 0 aliphatic heterocycles. The number of hydrogen-bond donors (Lipinski definition) is 1. The minimum Gasteiger partial charge on any atom is -0.384 e. The van der Waals surface area contributed by atoms with E-state index in [1.807, 2.05) is 20.8 Å². The fraction of sp³-hybridized carbons (Fsp3) is 0.500. The lowest BCUT2D eigenvalue weighted by Gasteiger charge is -2.26. The lowest BCUT2D eigenvalue weighted by Crippen LogP contribution is -2.37. The Balaban J connectivity index is 3.00. The average Bonchev–Trinajstić information content (AvgIpc) is 2.23. The van der Waals surface area contributed by atoms with Crippen LogP contribution in [0, 0.1) is 0 Å². The number of carbonyl (C=O) groups is 1. The van der Waals surface area contributed by atoms with Crippen molar-refractivity contribution in [2.45, 2.75) is 33.2 Å². The van der Waals surface area contributed by atoms with Crippen LogP contribution in [0.1, 0.15) is 37.6 Å². The number of hydrogen-bond acceptors (Lipinski definition) is 3. The van der Waals surface area contributed by atoms with Crippen molar-refractivity contribution in [2.24, 2.45) is 0 Å². The van der Waals surface area contributed by atoms with Gasteiger partial charge in [0.05, 0.1) is 0 Å². The monoisotopic (exact) mass is 255 g/mol.